The fourth-order valence-corrected chi connectivity index (χ4v) is 3.86. The van der Waals surface area contributed by atoms with E-state index >= 15 is 0 Å². The Kier molecular flexibility index (Phi) is 6.41. The molecule has 174 valence electrons. The third-order valence-corrected chi connectivity index (χ3v) is 5.80. The highest BCUT2D eigenvalue weighted by molar-refractivity contribution is 7.98. The Morgan fingerprint density at radius 3 is 2.56 bits per heavy atom. The SMILES string of the molecule is O=C(NNc1ccc(C(F)(F)F)cc1[N+](=O)[O-])c1ccc(SCc2cn3ccccc3n2)cc1. The van der Waals surface area contributed by atoms with Crippen LogP contribution in [-0.2, 0) is 11.9 Å². The number of fused-ring (bicyclic) bond motifs is 1. The van der Waals surface area contributed by atoms with Gasteiger partial charge in [-0.15, -0.1) is 11.8 Å². The molecule has 4 aromatic rings. The molecule has 0 fully saturated rings. The van der Waals surface area contributed by atoms with E-state index in [9.17, 15) is 28.1 Å². The standard InChI is InChI=1S/C22H16F3N5O3S/c23-22(24,25)15-6-9-18(19(11-15)30(32)33)27-28-21(31)14-4-7-17(8-5-14)34-13-16-12-29-10-2-1-3-20(29)26-16/h1-12,27H,13H2,(H,28,31). The summed E-state index contributed by atoms with van der Waals surface area (Å²) < 4.78 is 40.4. The van der Waals surface area contributed by atoms with Crippen molar-refractivity contribution < 1.29 is 22.9 Å². The number of carbonyl (C=O) groups is 1. The van der Waals surface area contributed by atoms with Crippen LogP contribution in [0, 0.1) is 10.1 Å². The van der Waals surface area contributed by atoms with Gasteiger partial charge < -0.3 is 4.40 Å². The van der Waals surface area contributed by atoms with Crippen LogP contribution >= 0.6 is 11.8 Å². The van der Waals surface area contributed by atoms with Crippen LogP contribution < -0.4 is 10.9 Å². The number of thioether (sulfide) groups is 1. The van der Waals surface area contributed by atoms with Crippen molar-refractivity contribution in [2.75, 3.05) is 5.43 Å². The lowest BCUT2D eigenvalue weighted by Crippen LogP contribution is -2.29. The Balaban J connectivity index is 1.37. The molecule has 0 aliphatic carbocycles. The quantitative estimate of drug-likeness (QED) is 0.208. The maximum absolute atomic E-state index is 12.8. The molecule has 0 atom stereocenters. The lowest BCUT2D eigenvalue weighted by Gasteiger charge is -2.11. The van der Waals surface area contributed by atoms with E-state index in [4.69, 9.17) is 0 Å². The van der Waals surface area contributed by atoms with Crippen LogP contribution in [-0.4, -0.2) is 20.2 Å². The Labute approximate surface area is 194 Å². The molecule has 0 aliphatic heterocycles. The number of hydrogen-bond donors (Lipinski definition) is 2. The maximum Gasteiger partial charge on any atom is 0.416 e. The zero-order valence-corrected chi connectivity index (χ0v) is 18.1. The second-order valence-corrected chi connectivity index (χ2v) is 8.13. The molecule has 1 amide bonds. The summed E-state index contributed by atoms with van der Waals surface area (Å²) in [5, 5.41) is 11.1. The number of anilines is 1. The van der Waals surface area contributed by atoms with Crippen LogP contribution in [0.4, 0.5) is 24.5 Å². The van der Waals surface area contributed by atoms with E-state index in [-0.39, 0.29) is 11.3 Å². The average Bonchev–Trinajstić information content (AvgIpc) is 3.24. The third kappa shape index (κ3) is 5.29. The monoisotopic (exact) mass is 487 g/mol. The largest absolute Gasteiger partial charge is 0.416 e. The van der Waals surface area contributed by atoms with Crippen molar-refractivity contribution in [1.82, 2.24) is 14.8 Å². The molecule has 0 radical (unpaired) electrons. The van der Waals surface area contributed by atoms with Crippen molar-refractivity contribution in [3.8, 4) is 0 Å². The smallest absolute Gasteiger partial charge is 0.307 e. The van der Waals surface area contributed by atoms with Gasteiger partial charge in [0.2, 0.25) is 0 Å². The summed E-state index contributed by atoms with van der Waals surface area (Å²) in [6.07, 6.45) is -0.870. The number of imidazole rings is 1. The number of nitro groups is 1. The number of rotatable bonds is 7. The molecule has 0 saturated carbocycles. The molecule has 2 aromatic heterocycles. The summed E-state index contributed by atoms with van der Waals surface area (Å²) in [7, 11) is 0. The van der Waals surface area contributed by atoms with Gasteiger partial charge in [-0.1, -0.05) is 6.07 Å². The van der Waals surface area contributed by atoms with Gasteiger partial charge in [0.1, 0.15) is 11.3 Å². The van der Waals surface area contributed by atoms with Gasteiger partial charge in [0.05, 0.1) is 16.2 Å². The van der Waals surface area contributed by atoms with Gasteiger partial charge >= 0.3 is 6.18 Å². The Morgan fingerprint density at radius 2 is 1.88 bits per heavy atom. The zero-order chi connectivity index (χ0) is 24.3. The van der Waals surface area contributed by atoms with E-state index in [1.165, 1.54) is 11.8 Å². The van der Waals surface area contributed by atoms with Crippen molar-refractivity contribution in [3.05, 3.63) is 100.0 Å². The Morgan fingerprint density at radius 1 is 1.12 bits per heavy atom. The number of hydrazine groups is 1. The van der Waals surface area contributed by atoms with Crippen LogP contribution in [0.15, 0.2) is 78.0 Å². The summed E-state index contributed by atoms with van der Waals surface area (Å²) >= 11 is 1.54. The number of halogens is 3. The highest BCUT2D eigenvalue weighted by Gasteiger charge is 2.33. The fourth-order valence-electron chi connectivity index (χ4n) is 3.08. The molecule has 2 heterocycles. The van der Waals surface area contributed by atoms with Crippen molar-refractivity contribution in [3.63, 3.8) is 0 Å². The Hall–Kier alpha value is -4.06. The number of pyridine rings is 1. The van der Waals surface area contributed by atoms with Crippen LogP contribution in [0.3, 0.4) is 0 Å². The molecule has 2 aromatic carbocycles. The first-order chi connectivity index (χ1) is 16.2. The second kappa shape index (κ2) is 9.43. The van der Waals surface area contributed by atoms with Crippen LogP contribution in [0.25, 0.3) is 5.65 Å². The van der Waals surface area contributed by atoms with Gasteiger partial charge in [0.15, 0.2) is 0 Å². The molecule has 0 saturated heterocycles. The summed E-state index contributed by atoms with van der Waals surface area (Å²) in [6.45, 7) is 0. The summed E-state index contributed by atoms with van der Waals surface area (Å²) in [5.74, 6) is 0.0259. The van der Waals surface area contributed by atoms with E-state index in [0.717, 1.165) is 22.3 Å². The van der Waals surface area contributed by atoms with Gasteiger partial charge in [0, 0.05) is 34.7 Å². The molecule has 8 nitrogen and oxygen atoms in total. The third-order valence-electron chi connectivity index (χ3n) is 4.75. The number of amides is 1. The number of hydrogen-bond acceptors (Lipinski definition) is 6. The molecule has 4 rings (SSSR count). The molecular weight excluding hydrogens is 471 g/mol. The average molecular weight is 487 g/mol. The van der Waals surface area contributed by atoms with Crippen LogP contribution in [0.5, 0.6) is 0 Å². The first-order valence-electron chi connectivity index (χ1n) is 9.78. The molecule has 0 bridgehead atoms. The number of aromatic nitrogens is 2. The van der Waals surface area contributed by atoms with Crippen molar-refractivity contribution in [2.45, 2.75) is 16.8 Å². The van der Waals surface area contributed by atoms with E-state index in [2.05, 4.69) is 15.8 Å². The predicted octanol–water partition coefficient (Wildman–Crippen LogP) is 5.31. The van der Waals surface area contributed by atoms with Crippen molar-refractivity contribution >= 4 is 34.7 Å². The van der Waals surface area contributed by atoms with E-state index in [1.807, 2.05) is 35.0 Å². The molecule has 34 heavy (non-hydrogen) atoms. The molecule has 12 heteroatoms. The Bertz CT molecular complexity index is 1320. The topological polar surface area (TPSA) is 102 Å². The highest BCUT2D eigenvalue weighted by Crippen LogP contribution is 2.34. The van der Waals surface area contributed by atoms with Gasteiger partial charge in [0.25, 0.3) is 11.6 Å². The van der Waals surface area contributed by atoms with E-state index in [1.54, 1.807) is 24.3 Å². The normalized spacial score (nSPS) is 11.4. The molecule has 0 aliphatic rings. The molecule has 0 unspecified atom stereocenters. The molecular formula is C22H16F3N5O3S. The van der Waals surface area contributed by atoms with E-state index < -0.39 is 28.3 Å². The minimum absolute atomic E-state index is 0.263. The second-order valence-electron chi connectivity index (χ2n) is 7.08. The van der Waals surface area contributed by atoms with Gasteiger partial charge in [-0.2, -0.15) is 13.2 Å². The maximum atomic E-state index is 12.8. The van der Waals surface area contributed by atoms with Gasteiger partial charge in [-0.25, -0.2) is 4.98 Å². The summed E-state index contributed by atoms with van der Waals surface area (Å²) in [6, 6.07) is 14.4. The molecule has 0 spiro atoms. The number of alkyl halides is 3. The number of benzene rings is 2. The number of nitrogens with one attached hydrogen (secondary N) is 2. The summed E-state index contributed by atoms with van der Waals surface area (Å²) in [4.78, 5) is 28.0. The van der Waals surface area contributed by atoms with Gasteiger partial charge in [-0.05, 0) is 48.5 Å². The number of nitro benzene ring substituents is 1. The first kappa shape index (κ1) is 23.1. The lowest BCUT2D eigenvalue weighted by atomic mass is 10.1. The van der Waals surface area contributed by atoms with Crippen molar-refractivity contribution in [2.24, 2.45) is 0 Å². The van der Waals surface area contributed by atoms with Gasteiger partial charge in [-0.3, -0.25) is 25.8 Å². The highest BCUT2D eigenvalue weighted by atomic mass is 32.2. The van der Waals surface area contributed by atoms with Crippen LogP contribution in [0.1, 0.15) is 21.6 Å². The fraction of sp³-hybridized carbons (Fsp3) is 0.0909. The lowest BCUT2D eigenvalue weighted by molar-refractivity contribution is -0.384. The minimum atomic E-state index is -4.72. The number of carbonyl (C=O) groups excluding carboxylic acids is 1. The first-order valence-corrected chi connectivity index (χ1v) is 10.8. The van der Waals surface area contributed by atoms with Crippen LogP contribution in [0.2, 0.25) is 0 Å². The van der Waals surface area contributed by atoms with Crippen molar-refractivity contribution in [1.29, 1.82) is 0 Å². The minimum Gasteiger partial charge on any atom is -0.307 e. The van der Waals surface area contributed by atoms with E-state index in [0.29, 0.717) is 17.9 Å². The zero-order valence-electron chi connectivity index (χ0n) is 17.2. The summed E-state index contributed by atoms with van der Waals surface area (Å²) in [5.41, 5.74) is 4.36. The molecule has 2 N–H and O–H groups in total. The predicted molar refractivity (Wildman–Crippen MR) is 120 cm³/mol. The number of nitrogens with zero attached hydrogens (tertiary/aromatic N) is 3.